The van der Waals surface area contributed by atoms with Crippen LogP contribution in [0.4, 0.5) is 5.69 Å². The quantitative estimate of drug-likeness (QED) is 0.262. The highest BCUT2D eigenvalue weighted by atomic mass is 32.2. The van der Waals surface area contributed by atoms with Crippen LogP contribution in [-0.4, -0.2) is 38.5 Å². The van der Waals surface area contributed by atoms with E-state index in [9.17, 15) is 4.79 Å². The third-order valence-corrected chi connectivity index (χ3v) is 6.82. The highest BCUT2D eigenvalue weighted by molar-refractivity contribution is 7.99. The van der Waals surface area contributed by atoms with Crippen molar-refractivity contribution >= 4 is 45.3 Å². The summed E-state index contributed by atoms with van der Waals surface area (Å²) in [5.41, 5.74) is 2.85. The van der Waals surface area contributed by atoms with Crippen molar-refractivity contribution in [1.29, 1.82) is 0 Å². The van der Waals surface area contributed by atoms with E-state index in [0.29, 0.717) is 34.5 Å². The third kappa shape index (κ3) is 4.54. The van der Waals surface area contributed by atoms with Gasteiger partial charge in [-0.15, -0.1) is 10.2 Å². The zero-order valence-electron chi connectivity index (χ0n) is 19.7. The molecular formula is C27H21N5O4S. The molecule has 1 N–H and O–H groups in total. The number of para-hydroxylation sites is 1. The highest BCUT2D eigenvalue weighted by Gasteiger charge is 2.18. The first-order chi connectivity index (χ1) is 18.2. The molecule has 0 aliphatic carbocycles. The topological polar surface area (TPSA) is 108 Å². The van der Waals surface area contributed by atoms with Crippen molar-refractivity contribution in [2.45, 2.75) is 11.7 Å². The number of aromatic nitrogens is 4. The monoisotopic (exact) mass is 511 g/mol. The fourth-order valence-electron chi connectivity index (χ4n) is 4.15. The minimum Gasteiger partial charge on any atom is -0.495 e. The van der Waals surface area contributed by atoms with Gasteiger partial charge in [-0.2, -0.15) is 0 Å². The van der Waals surface area contributed by atoms with Gasteiger partial charge in [-0.25, -0.2) is 0 Å². The van der Waals surface area contributed by atoms with Gasteiger partial charge in [0.1, 0.15) is 22.7 Å². The van der Waals surface area contributed by atoms with E-state index in [2.05, 4.69) is 20.5 Å². The van der Waals surface area contributed by atoms with E-state index in [1.165, 1.54) is 11.8 Å². The van der Waals surface area contributed by atoms with Gasteiger partial charge in [-0.1, -0.05) is 30.0 Å². The molecule has 37 heavy (non-hydrogen) atoms. The number of carbonyl (C=O) groups excluding carboxylic acids is 1. The normalized spacial score (nSPS) is 11.3. The smallest absolute Gasteiger partial charge is 0.234 e. The summed E-state index contributed by atoms with van der Waals surface area (Å²) in [6, 6.07) is 18.9. The van der Waals surface area contributed by atoms with Crippen LogP contribution in [0.15, 0.2) is 93.3 Å². The Morgan fingerprint density at radius 2 is 1.89 bits per heavy atom. The number of ether oxygens (including phenoxy) is 1. The molecule has 0 aliphatic heterocycles. The SMILES string of the molecule is COc1cc2c(cc1NC(=O)CSc1nnc(-c3ccncc3)n1Cc1ccco1)oc1ccccc12. The van der Waals surface area contributed by atoms with Gasteiger partial charge in [-0.05, 0) is 36.4 Å². The predicted molar refractivity (Wildman–Crippen MR) is 141 cm³/mol. The molecular weight excluding hydrogens is 490 g/mol. The first-order valence-corrected chi connectivity index (χ1v) is 12.5. The summed E-state index contributed by atoms with van der Waals surface area (Å²) < 4.78 is 19.0. The van der Waals surface area contributed by atoms with Crippen LogP contribution in [0.1, 0.15) is 5.76 Å². The summed E-state index contributed by atoms with van der Waals surface area (Å²) in [4.78, 5) is 17.0. The van der Waals surface area contributed by atoms with Gasteiger partial charge in [0, 0.05) is 34.8 Å². The van der Waals surface area contributed by atoms with Gasteiger partial charge in [0.05, 0.1) is 31.4 Å². The van der Waals surface area contributed by atoms with E-state index in [-0.39, 0.29) is 11.7 Å². The Hall–Kier alpha value is -4.57. The summed E-state index contributed by atoms with van der Waals surface area (Å²) in [5, 5.41) is 14.2. The highest BCUT2D eigenvalue weighted by Crippen LogP contribution is 2.36. The molecule has 0 saturated heterocycles. The molecule has 0 unspecified atom stereocenters. The number of hydrogen-bond acceptors (Lipinski definition) is 8. The Morgan fingerprint density at radius 3 is 2.70 bits per heavy atom. The lowest BCUT2D eigenvalue weighted by molar-refractivity contribution is -0.113. The molecule has 1 amide bonds. The van der Waals surface area contributed by atoms with Crippen molar-refractivity contribution in [2.24, 2.45) is 0 Å². The second-order valence-electron chi connectivity index (χ2n) is 8.19. The van der Waals surface area contributed by atoms with Crippen molar-refractivity contribution in [3.63, 3.8) is 0 Å². The zero-order valence-corrected chi connectivity index (χ0v) is 20.6. The molecule has 6 rings (SSSR count). The summed E-state index contributed by atoms with van der Waals surface area (Å²) in [7, 11) is 1.57. The van der Waals surface area contributed by atoms with E-state index < -0.39 is 0 Å². The number of fused-ring (bicyclic) bond motifs is 3. The summed E-state index contributed by atoms with van der Waals surface area (Å²) in [6.07, 6.45) is 5.03. The molecule has 0 spiro atoms. The summed E-state index contributed by atoms with van der Waals surface area (Å²) in [5.74, 6) is 1.88. The van der Waals surface area contributed by atoms with Crippen LogP contribution >= 0.6 is 11.8 Å². The predicted octanol–water partition coefficient (Wildman–Crippen LogP) is 5.62. The van der Waals surface area contributed by atoms with E-state index >= 15 is 0 Å². The summed E-state index contributed by atoms with van der Waals surface area (Å²) >= 11 is 1.29. The number of pyridine rings is 1. The fraction of sp³-hybridized carbons (Fsp3) is 0.111. The van der Waals surface area contributed by atoms with Gasteiger partial charge in [0.15, 0.2) is 11.0 Å². The molecule has 0 fully saturated rings. The van der Waals surface area contributed by atoms with Crippen molar-refractivity contribution in [3.8, 4) is 17.1 Å². The lowest BCUT2D eigenvalue weighted by Gasteiger charge is -2.11. The number of methoxy groups -OCH3 is 1. The standard InChI is InChI=1S/C27H21N5O4S/c1-34-24-13-20-19-6-2-3-7-22(19)36-23(20)14-21(24)29-25(33)16-37-27-31-30-26(17-8-10-28-11-9-17)32(27)15-18-5-4-12-35-18/h2-14H,15-16H2,1H3,(H,29,33). The molecule has 4 heterocycles. The number of furan rings is 2. The molecule has 10 heteroatoms. The molecule has 9 nitrogen and oxygen atoms in total. The Labute approximate surface area is 215 Å². The van der Waals surface area contributed by atoms with E-state index in [4.69, 9.17) is 13.6 Å². The number of amides is 1. The third-order valence-electron chi connectivity index (χ3n) is 5.85. The van der Waals surface area contributed by atoms with Crippen molar-refractivity contribution in [3.05, 3.63) is 85.1 Å². The molecule has 0 bridgehead atoms. The first-order valence-electron chi connectivity index (χ1n) is 11.5. The lowest BCUT2D eigenvalue weighted by atomic mass is 10.1. The lowest BCUT2D eigenvalue weighted by Crippen LogP contribution is -2.15. The number of hydrogen-bond donors (Lipinski definition) is 1. The van der Waals surface area contributed by atoms with E-state index in [0.717, 1.165) is 27.7 Å². The van der Waals surface area contributed by atoms with Crippen LogP contribution < -0.4 is 10.1 Å². The van der Waals surface area contributed by atoms with Crippen LogP contribution in [0.2, 0.25) is 0 Å². The zero-order chi connectivity index (χ0) is 25.2. The average molecular weight is 512 g/mol. The number of thioether (sulfide) groups is 1. The fourth-order valence-corrected chi connectivity index (χ4v) is 4.88. The minimum absolute atomic E-state index is 0.119. The molecule has 0 aliphatic rings. The molecule has 184 valence electrons. The Kier molecular flexibility index (Phi) is 6.07. The minimum atomic E-state index is -0.211. The molecule has 0 saturated carbocycles. The number of carbonyl (C=O) groups is 1. The Morgan fingerprint density at radius 1 is 1.03 bits per heavy atom. The number of rotatable bonds is 8. The maximum Gasteiger partial charge on any atom is 0.234 e. The van der Waals surface area contributed by atoms with Crippen molar-refractivity contribution in [1.82, 2.24) is 19.7 Å². The number of nitrogens with one attached hydrogen (secondary N) is 1. The van der Waals surface area contributed by atoms with Gasteiger partial charge in [0.2, 0.25) is 5.91 Å². The number of nitrogens with zero attached hydrogens (tertiary/aromatic N) is 4. The molecule has 0 radical (unpaired) electrons. The number of anilines is 1. The van der Waals surface area contributed by atoms with Crippen LogP contribution in [0.25, 0.3) is 33.3 Å². The van der Waals surface area contributed by atoms with Gasteiger partial charge >= 0.3 is 0 Å². The largest absolute Gasteiger partial charge is 0.495 e. The summed E-state index contributed by atoms with van der Waals surface area (Å²) in [6.45, 7) is 0.429. The maximum atomic E-state index is 13.0. The molecule has 4 aromatic heterocycles. The van der Waals surface area contributed by atoms with Crippen LogP contribution in [-0.2, 0) is 11.3 Å². The van der Waals surface area contributed by atoms with Crippen LogP contribution in [0.3, 0.4) is 0 Å². The first kappa shape index (κ1) is 22.9. The van der Waals surface area contributed by atoms with Crippen molar-refractivity contribution < 1.29 is 18.4 Å². The van der Waals surface area contributed by atoms with Crippen LogP contribution in [0.5, 0.6) is 5.75 Å². The molecule has 6 aromatic rings. The van der Waals surface area contributed by atoms with Gasteiger partial charge in [-0.3, -0.25) is 14.3 Å². The average Bonchev–Trinajstić information content (AvgIpc) is 3.67. The van der Waals surface area contributed by atoms with Crippen LogP contribution in [0, 0.1) is 0 Å². The Bertz CT molecular complexity index is 1690. The number of benzene rings is 2. The molecule has 0 atom stereocenters. The Balaban J connectivity index is 1.23. The second kappa shape index (κ2) is 9.82. The van der Waals surface area contributed by atoms with Gasteiger partial charge in [0.25, 0.3) is 0 Å². The molecule has 2 aromatic carbocycles. The van der Waals surface area contributed by atoms with E-state index in [1.54, 1.807) is 31.8 Å². The second-order valence-corrected chi connectivity index (χ2v) is 9.13. The van der Waals surface area contributed by atoms with Gasteiger partial charge < -0.3 is 18.9 Å². The van der Waals surface area contributed by atoms with Crippen molar-refractivity contribution in [2.75, 3.05) is 18.2 Å². The maximum absolute atomic E-state index is 13.0. The van der Waals surface area contributed by atoms with E-state index in [1.807, 2.05) is 59.2 Å².